The summed E-state index contributed by atoms with van der Waals surface area (Å²) in [5, 5.41) is 2.88. The number of hydrogen-bond acceptors (Lipinski definition) is 6. The Morgan fingerprint density at radius 2 is 1.55 bits per heavy atom. The lowest BCUT2D eigenvalue weighted by molar-refractivity contribution is 0.0955. The molecule has 9 heteroatoms. The van der Waals surface area contributed by atoms with E-state index in [9.17, 15) is 13.6 Å². The molecule has 3 aromatic carbocycles. The van der Waals surface area contributed by atoms with Gasteiger partial charge in [-0.15, -0.1) is 0 Å². The first-order valence-corrected chi connectivity index (χ1v) is 12.1. The molecule has 1 atom stereocenters. The molecule has 0 spiro atoms. The summed E-state index contributed by atoms with van der Waals surface area (Å²) < 4.78 is 34.2. The van der Waals surface area contributed by atoms with E-state index >= 15 is 0 Å². The highest BCUT2D eigenvalue weighted by atomic mass is 32.2. The van der Waals surface area contributed by atoms with Crippen LogP contribution in [-0.4, -0.2) is 30.0 Å². The normalized spacial score (nSPS) is 11.7. The highest BCUT2D eigenvalue weighted by molar-refractivity contribution is 7.81. The van der Waals surface area contributed by atoms with Crippen molar-refractivity contribution in [1.82, 2.24) is 14.1 Å². The molecule has 0 saturated heterocycles. The zero-order valence-electron chi connectivity index (χ0n) is 17.6. The number of nitrogens with zero attached hydrogens (tertiary/aromatic N) is 3. The van der Waals surface area contributed by atoms with Crippen LogP contribution in [0.15, 0.2) is 84.9 Å². The Balaban J connectivity index is 1.58. The molecule has 0 aliphatic heterocycles. The van der Waals surface area contributed by atoms with E-state index in [4.69, 9.17) is 0 Å². The molecular formula is C24H21N4O3S2-. The molecule has 1 unspecified atom stereocenters. The third-order valence-electron chi connectivity index (χ3n) is 5.00. The van der Waals surface area contributed by atoms with Gasteiger partial charge in [0.1, 0.15) is 5.69 Å². The Bertz CT molecular complexity index is 1230. The first-order chi connectivity index (χ1) is 16.1. The van der Waals surface area contributed by atoms with E-state index in [1.165, 1.54) is 0 Å². The number of aromatic nitrogens is 2. The van der Waals surface area contributed by atoms with Crippen molar-refractivity contribution in [1.29, 1.82) is 0 Å². The summed E-state index contributed by atoms with van der Waals surface area (Å²) in [5.41, 5.74) is 3.08. The lowest BCUT2D eigenvalue weighted by Gasteiger charge is -2.26. The van der Waals surface area contributed by atoms with Crippen LogP contribution >= 0.6 is 11.7 Å². The number of nitrogens with one attached hydrogen (secondary N) is 1. The fraction of sp³-hybridized carbons (Fsp3) is 0.125. The molecule has 0 bridgehead atoms. The molecule has 1 amide bonds. The van der Waals surface area contributed by atoms with Crippen LogP contribution in [0.4, 0.5) is 11.5 Å². The minimum atomic E-state index is -2.71. The predicted octanol–water partition coefficient (Wildman–Crippen LogP) is 4.03. The third kappa shape index (κ3) is 5.70. The molecule has 1 aromatic heterocycles. The van der Waals surface area contributed by atoms with E-state index in [0.29, 0.717) is 25.1 Å². The summed E-state index contributed by atoms with van der Waals surface area (Å²) in [6.07, 6.45) is 1.09. The van der Waals surface area contributed by atoms with Gasteiger partial charge in [0.25, 0.3) is 5.91 Å². The maximum absolute atomic E-state index is 13.0. The van der Waals surface area contributed by atoms with Crippen LogP contribution < -0.4 is 9.62 Å². The highest BCUT2D eigenvalue weighted by Gasteiger charge is 2.23. The van der Waals surface area contributed by atoms with Gasteiger partial charge in [0.05, 0.1) is 34.2 Å². The number of carbonyl (C=O) groups is 1. The van der Waals surface area contributed by atoms with E-state index in [1.54, 1.807) is 24.3 Å². The lowest BCUT2D eigenvalue weighted by atomic mass is 10.1. The Morgan fingerprint density at radius 3 is 2.24 bits per heavy atom. The van der Waals surface area contributed by atoms with Crippen molar-refractivity contribution in [2.24, 2.45) is 0 Å². The summed E-state index contributed by atoms with van der Waals surface area (Å²) in [7, 11) is 0. The van der Waals surface area contributed by atoms with Gasteiger partial charge in [0, 0.05) is 13.0 Å². The van der Waals surface area contributed by atoms with Gasteiger partial charge in [-0.3, -0.25) is 13.3 Å². The van der Waals surface area contributed by atoms with Crippen LogP contribution in [0.1, 0.15) is 27.2 Å². The van der Waals surface area contributed by atoms with Crippen LogP contribution in [0.3, 0.4) is 0 Å². The molecule has 7 nitrogen and oxygen atoms in total. The molecule has 0 aliphatic carbocycles. The van der Waals surface area contributed by atoms with Crippen LogP contribution in [-0.2, 0) is 24.1 Å². The third-order valence-corrected chi connectivity index (χ3v) is 6.23. The second-order valence-electron chi connectivity index (χ2n) is 7.22. The molecule has 168 valence electrons. The average Bonchev–Trinajstić information content (AvgIpc) is 3.28. The minimum Gasteiger partial charge on any atom is -0.755 e. The zero-order valence-corrected chi connectivity index (χ0v) is 19.2. The van der Waals surface area contributed by atoms with E-state index in [0.717, 1.165) is 27.2 Å². The van der Waals surface area contributed by atoms with E-state index in [-0.39, 0.29) is 23.0 Å². The maximum Gasteiger partial charge on any atom is 0.253 e. The maximum atomic E-state index is 13.0. The summed E-state index contributed by atoms with van der Waals surface area (Å²) >= 11 is -1.77. The number of benzene rings is 3. The quantitative estimate of drug-likeness (QED) is 0.367. The minimum absolute atomic E-state index is 0.196. The summed E-state index contributed by atoms with van der Waals surface area (Å²) in [5.74, 6) is -0.161. The Morgan fingerprint density at radius 1 is 0.909 bits per heavy atom. The molecule has 0 saturated carbocycles. The van der Waals surface area contributed by atoms with E-state index < -0.39 is 11.3 Å². The smallest absolute Gasteiger partial charge is 0.253 e. The fourth-order valence-corrected chi connectivity index (χ4v) is 4.63. The first kappa shape index (κ1) is 22.8. The standard InChI is InChI=1S/C24H22N4O3S2/c29-24(25-16-15-18-9-3-1-4-10-18)20-13-7-8-14-22(20)28(33(30)31)23-21(26-32-27-23)17-19-11-5-2-6-12-19/h1-14H,15-17H2,(H,25,29)(H,30,31)/p-1. The molecular weight excluding hydrogens is 456 g/mol. The topological polar surface area (TPSA) is 98.2 Å². The zero-order chi connectivity index (χ0) is 23.0. The molecule has 0 fully saturated rings. The molecule has 0 aliphatic rings. The molecule has 1 N–H and O–H groups in total. The highest BCUT2D eigenvalue weighted by Crippen LogP contribution is 2.32. The van der Waals surface area contributed by atoms with Crippen molar-refractivity contribution in [3.8, 4) is 0 Å². The molecule has 33 heavy (non-hydrogen) atoms. The largest absolute Gasteiger partial charge is 0.755 e. The van der Waals surface area contributed by atoms with E-state index in [2.05, 4.69) is 14.1 Å². The van der Waals surface area contributed by atoms with Crippen molar-refractivity contribution >= 4 is 40.4 Å². The molecule has 1 heterocycles. The Labute approximate surface area is 198 Å². The van der Waals surface area contributed by atoms with Crippen molar-refractivity contribution in [2.45, 2.75) is 12.8 Å². The van der Waals surface area contributed by atoms with Gasteiger partial charge in [-0.1, -0.05) is 72.8 Å². The second kappa shape index (κ2) is 11.0. The van der Waals surface area contributed by atoms with Gasteiger partial charge in [-0.2, -0.15) is 8.75 Å². The first-order valence-electron chi connectivity index (χ1n) is 10.3. The molecule has 4 rings (SSSR count). The van der Waals surface area contributed by atoms with Crippen molar-refractivity contribution < 1.29 is 13.6 Å². The Hall–Kier alpha value is -3.40. The Kier molecular flexibility index (Phi) is 7.56. The van der Waals surface area contributed by atoms with Crippen LogP contribution in [0, 0.1) is 0 Å². The van der Waals surface area contributed by atoms with Gasteiger partial charge in [-0.25, -0.2) is 0 Å². The van der Waals surface area contributed by atoms with Gasteiger partial charge < -0.3 is 9.87 Å². The molecule has 0 radical (unpaired) electrons. The number of carbonyl (C=O) groups excluding carboxylic acids is 1. The van der Waals surface area contributed by atoms with Gasteiger partial charge >= 0.3 is 0 Å². The van der Waals surface area contributed by atoms with Crippen LogP contribution in [0.5, 0.6) is 0 Å². The number of rotatable bonds is 9. The predicted molar refractivity (Wildman–Crippen MR) is 129 cm³/mol. The monoisotopic (exact) mass is 477 g/mol. The van der Waals surface area contributed by atoms with Crippen molar-refractivity contribution in [2.75, 3.05) is 10.8 Å². The number of hydrogen-bond donors (Lipinski definition) is 1. The summed E-state index contributed by atoms with van der Waals surface area (Å²) in [4.78, 5) is 13.0. The summed E-state index contributed by atoms with van der Waals surface area (Å²) in [6, 6.07) is 26.0. The lowest BCUT2D eigenvalue weighted by Crippen LogP contribution is -2.29. The second-order valence-corrected chi connectivity index (χ2v) is 8.54. The van der Waals surface area contributed by atoms with Crippen LogP contribution in [0.2, 0.25) is 0 Å². The fourth-order valence-electron chi connectivity index (χ4n) is 3.42. The van der Waals surface area contributed by atoms with Crippen LogP contribution in [0.25, 0.3) is 0 Å². The van der Waals surface area contributed by atoms with Gasteiger partial charge in [0.2, 0.25) is 0 Å². The number of para-hydroxylation sites is 1. The van der Waals surface area contributed by atoms with Gasteiger partial charge in [0.15, 0.2) is 5.82 Å². The van der Waals surface area contributed by atoms with Gasteiger partial charge in [-0.05, 0) is 29.7 Å². The average molecular weight is 478 g/mol. The SMILES string of the molecule is O=C(NCCc1ccccc1)c1ccccc1N(c1nsnc1Cc1ccccc1)S(=O)[O-]. The van der Waals surface area contributed by atoms with E-state index in [1.807, 2.05) is 60.7 Å². The van der Waals surface area contributed by atoms with Crippen molar-refractivity contribution in [3.05, 3.63) is 107 Å². The molecule has 4 aromatic rings. The number of amides is 1. The van der Waals surface area contributed by atoms with Crippen molar-refractivity contribution in [3.63, 3.8) is 0 Å². The number of anilines is 2. The summed E-state index contributed by atoms with van der Waals surface area (Å²) in [6.45, 7) is 0.426.